The number of amides is 1. The first-order valence-corrected chi connectivity index (χ1v) is 14.5. The Morgan fingerprint density at radius 2 is 1.94 bits per heavy atom. The summed E-state index contributed by atoms with van der Waals surface area (Å²) < 4.78 is 47.5. The molecule has 1 aliphatic carbocycles. The minimum absolute atomic E-state index is 0.00157. The van der Waals surface area contributed by atoms with Gasteiger partial charge in [-0.2, -0.15) is 8.70 Å². The van der Waals surface area contributed by atoms with E-state index in [1.807, 2.05) is 6.92 Å². The monoisotopic (exact) mass is 528 g/mol. The zero-order valence-corrected chi connectivity index (χ0v) is 22.0. The van der Waals surface area contributed by atoms with Crippen LogP contribution in [0.15, 0.2) is 34.0 Å². The average Bonchev–Trinajstić information content (AvgIpc) is 2.93. The highest BCUT2D eigenvalue weighted by Crippen LogP contribution is 2.42. The number of carbonyl (C=O) groups excluding carboxylic acids is 1. The number of halogens is 1. The molecular weight excluding hydrogens is 495 g/mol. The lowest BCUT2D eigenvalue weighted by Gasteiger charge is -2.32. The van der Waals surface area contributed by atoms with Gasteiger partial charge < -0.3 is 14.7 Å². The highest BCUT2D eigenvalue weighted by atomic mass is 32.2. The lowest BCUT2D eigenvalue weighted by Crippen LogP contribution is -2.45. The molecular formula is C24H33FN2O6S2. The number of carboxylic acid groups (broad SMARTS) is 1. The fourth-order valence-corrected chi connectivity index (χ4v) is 6.73. The summed E-state index contributed by atoms with van der Waals surface area (Å²) in [6.45, 7) is 2.28. The second-order valence-corrected chi connectivity index (χ2v) is 11.8. The van der Waals surface area contributed by atoms with Crippen molar-refractivity contribution in [1.29, 1.82) is 0 Å². The largest absolute Gasteiger partial charge is 0.476 e. The van der Waals surface area contributed by atoms with Gasteiger partial charge >= 0.3 is 5.97 Å². The number of hydrogen-bond donors (Lipinski definition) is 1. The van der Waals surface area contributed by atoms with Gasteiger partial charge in [-0.15, -0.1) is 11.8 Å². The van der Waals surface area contributed by atoms with Gasteiger partial charge in [-0.3, -0.25) is 4.79 Å². The van der Waals surface area contributed by atoms with Crippen molar-refractivity contribution >= 4 is 39.3 Å². The molecule has 1 aliphatic heterocycles. The number of unbranched alkanes of at least 4 members (excludes halogenated alkanes) is 1. The number of aliphatic carboxylic acids is 1. The second-order valence-electron chi connectivity index (χ2n) is 8.96. The molecule has 35 heavy (non-hydrogen) atoms. The van der Waals surface area contributed by atoms with Gasteiger partial charge in [0.05, 0.1) is 10.6 Å². The molecule has 1 aromatic carbocycles. The predicted octanol–water partition coefficient (Wildman–Crippen LogP) is 4.79. The minimum atomic E-state index is -4.02. The quantitative estimate of drug-likeness (QED) is 0.294. The van der Waals surface area contributed by atoms with Crippen molar-refractivity contribution in [3.8, 4) is 5.75 Å². The van der Waals surface area contributed by atoms with E-state index in [-0.39, 0.29) is 34.7 Å². The van der Waals surface area contributed by atoms with Crippen molar-refractivity contribution < 1.29 is 32.2 Å². The number of carbonyl (C=O) groups is 2. The molecule has 1 heterocycles. The summed E-state index contributed by atoms with van der Waals surface area (Å²) >= 11 is 1.23. The number of hydrogen-bond acceptors (Lipinski definition) is 6. The predicted molar refractivity (Wildman–Crippen MR) is 133 cm³/mol. The van der Waals surface area contributed by atoms with E-state index in [2.05, 4.69) is 0 Å². The molecule has 1 fully saturated rings. The number of thioether (sulfide) groups is 1. The minimum Gasteiger partial charge on any atom is -0.476 e. The number of likely N-dealkylation sites (N-methyl/N-ethyl adjacent to an activating group) is 1. The van der Waals surface area contributed by atoms with Crippen LogP contribution in [-0.4, -0.2) is 55.6 Å². The van der Waals surface area contributed by atoms with E-state index in [1.54, 1.807) is 17.2 Å². The van der Waals surface area contributed by atoms with Crippen LogP contribution in [0.1, 0.15) is 58.3 Å². The molecule has 11 heteroatoms. The van der Waals surface area contributed by atoms with Gasteiger partial charge in [-0.25, -0.2) is 13.2 Å². The number of nitrogens with zero attached hydrogens (tertiary/aromatic N) is 2. The van der Waals surface area contributed by atoms with Gasteiger partial charge in [0.15, 0.2) is 0 Å². The lowest BCUT2D eigenvalue weighted by atomic mass is 9.88. The molecule has 1 amide bonds. The normalized spacial score (nSPS) is 21.3. The van der Waals surface area contributed by atoms with Crippen LogP contribution in [0.3, 0.4) is 0 Å². The van der Waals surface area contributed by atoms with Crippen LogP contribution in [0, 0.1) is 5.92 Å². The van der Waals surface area contributed by atoms with E-state index in [1.165, 1.54) is 29.2 Å². The molecule has 0 spiro atoms. The van der Waals surface area contributed by atoms with Crippen molar-refractivity contribution in [2.45, 2.75) is 74.1 Å². The lowest BCUT2D eigenvalue weighted by molar-refractivity contribution is -0.134. The Bertz CT molecular complexity index is 1090. The van der Waals surface area contributed by atoms with Gasteiger partial charge in [0.25, 0.3) is 0 Å². The van der Waals surface area contributed by atoms with E-state index >= 15 is 0 Å². The maximum atomic E-state index is 13.7. The Morgan fingerprint density at radius 1 is 1.26 bits per heavy atom. The molecule has 0 aromatic heterocycles. The molecule has 0 unspecified atom stereocenters. The maximum Gasteiger partial charge on any atom is 0.368 e. The fraction of sp³-hybridized carbons (Fsp3) is 0.583. The van der Waals surface area contributed by atoms with Crippen molar-refractivity contribution in [3.63, 3.8) is 0 Å². The Labute approximate surface area is 210 Å². The van der Waals surface area contributed by atoms with Crippen molar-refractivity contribution in [3.05, 3.63) is 24.2 Å². The Kier molecular flexibility index (Phi) is 9.22. The number of sulfonamides is 1. The molecule has 8 nitrogen and oxygen atoms in total. The molecule has 194 valence electrons. The van der Waals surface area contributed by atoms with Crippen molar-refractivity contribution in [2.24, 2.45) is 5.92 Å². The molecule has 0 radical (unpaired) electrons. The fourth-order valence-electron chi connectivity index (χ4n) is 4.63. The van der Waals surface area contributed by atoms with Gasteiger partial charge in [0.2, 0.25) is 21.8 Å². The van der Waals surface area contributed by atoms with Crippen LogP contribution in [0.2, 0.25) is 0 Å². The Balaban J connectivity index is 2.15. The Hall–Kier alpha value is -2.11. The maximum absolute atomic E-state index is 13.7. The number of anilines is 1. The summed E-state index contributed by atoms with van der Waals surface area (Å²) in [5, 5.41) is 8.78. The first kappa shape index (κ1) is 27.5. The molecule has 1 aromatic rings. The van der Waals surface area contributed by atoms with E-state index in [0.29, 0.717) is 17.6 Å². The van der Waals surface area contributed by atoms with Crippen molar-refractivity contribution in [1.82, 2.24) is 4.31 Å². The summed E-state index contributed by atoms with van der Waals surface area (Å²) in [7, 11) is -2.50. The number of carboxylic acids is 1. The van der Waals surface area contributed by atoms with Crippen LogP contribution in [-0.2, 0) is 19.6 Å². The van der Waals surface area contributed by atoms with E-state index in [9.17, 15) is 22.4 Å². The summed E-state index contributed by atoms with van der Waals surface area (Å²) in [6, 6.07) is 2.45. The SMILES string of the molecule is CCCC[C@@H]1CN(C(=O)C2CCCCC2)c2cc(SC)c(O/C=C(\F)C(=O)O)cc2S(=O)(=O)N1C. The van der Waals surface area contributed by atoms with Gasteiger partial charge in [0.1, 0.15) is 16.9 Å². The standard InChI is InChI=1S/C24H33FN2O6S2/c1-4-5-11-17-14-27(23(28)16-9-7-6-8-10-16)19-12-21(34-3)20(33-15-18(25)24(29)30)13-22(19)35(31,32)26(17)2/h12-13,15-17H,4-11,14H2,1-3H3,(H,29,30)/b18-15-/t17-/m1/s1. The molecule has 1 N–H and O–H groups in total. The molecule has 3 rings (SSSR count). The Morgan fingerprint density at radius 3 is 2.54 bits per heavy atom. The second kappa shape index (κ2) is 11.7. The smallest absolute Gasteiger partial charge is 0.368 e. The topological polar surface area (TPSA) is 104 Å². The third-order valence-corrected chi connectivity index (χ3v) is 9.40. The first-order chi connectivity index (χ1) is 16.6. The zero-order chi connectivity index (χ0) is 25.8. The van der Waals surface area contributed by atoms with E-state index in [0.717, 1.165) is 44.9 Å². The third-order valence-electron chi connectivity index (χ3n) is 6.71. The molecule has 0 bridgehead atoms. The van der Waals surface area contributed by atoms with Crippen LogP contribution < -0.4 is 9.64 Å². The molecule has 1 saturated carbocycles. The van der Waals surface area contributed by atoms with Crippen LogP contribution in [0.5, 0.6) is 5.75 Å². The van der Waals surface area contributed by atoms with Gasteiger partial charge in [0, 0.05) is 31.6 Å². The van der Waals surface area contributed by atoms with Crippen molar-refractivity contribution in [2.75, 3.05) is 24.7 Å². The molecule has 1 atom stereocenters. The number of benzene rings is 1. The number of rotatable bonds is 8. The van der Waals surface area contributed by atoms with Gasteiger partial charge in [-0.1, -0.05) is 39.0 Å². The highest BCUT2D eigenvalue weighted by molar-refractivity contribution is 7.98. The first-order valence-electron chi connectivity index (χ1n) is 11.9. The molecule has 2 aliphatic rings. The number of fused-ring (bicyclic) bond motifs is 1. The average molecular weight is 529 g/mol. The zero-order valence-electron chi connectivity index (χ0n) is 20.3. The summed E-state index contributed by atoms with van der Waals surface area (Å²) in [5.41, 5.74) is 0.283. The highest BCUT2D eigenvalue weighted by Gasteiger charge is 2.40. The van der Waals surface area contributed by atoms with Crippen LogP contribution in [0.25, 0.3) is 0 Å². The summed E-state index contributed by atoms with van der Waals surface area (Å²) in [6.07, 6.45) is 9.09. The summed E-state index contributed by atoms with van der Waals surface area (Å²) in [4.78, 5) is 26.5. The third kappa shape index (κ3) is 6.00. The van der Waals surface area contributed by atoms with Gasteiger partial charge in [-0.05, 0) is 31.6 Å². The van der Waals surface area contributed by atoms with E-state index < -0.39 is 27.9 Å². The molecule has 0 saturated heterocycles. The van der Waals surface area contributed by atoms with Crippen LogP contribution >= 0.6 is 11.8 Å². The summed E-state index contributed by atoms with van der Waals surface area (Å²) in [5.74, 6) is -3.53. The number of ether oxygens (including phenoxy) is 1. The van der Waals surface area contributed by atoms with Crippen LogP contribution in [0.4, 0.5) is 10.1 Å². The van der Waals surface area contributed by atoms with E-state index in [4.69, 9.17) is 9.84 Å².